The number of nitrogens with one attached hydrogen (secondary N) is 2. The Morgan fingerprint density at radius 2 is 2.13 bits per heavy atom. The minimum absolute atomic E-state index is 0.240. The van der Waals surface area contributed by atoms with Gasteiger partial charge in [-0.05, 0) is 26.2 Å². The summed E-state index contributed by atoms with van der Waals surface area (Å²) in [6.07, 6.45) is 6.96. The molecule has 7 heteroatoms. The van der Waals surface area contributed by atoms with E-state index in [1.54, 1.807) is 6.92 Å². The Balaban J connectivity index is 1.79. The highest BCUT2D eigenvalue weighted by Crippen LogP contribution is 2.31. The van der Waals surface area contributed by atoms with Crippen molar-refractivity contribution in [2.24, 2.45) is 0 Å². The molecule has 2 amide bonds. The molecule has 0 saturated heterocycles. The molecule has 0 aromatic carbocycles. The second kappa shape index (κ2) is 8.86. The normalized spacial score (nSPS) is 18.4. The highest BCUT2D eigenvalue weighted by molar-refractivity contribution is 5.74. The standard InChI is InChI=1S/C16H28N4O3/c1-3-7-13(21)10-17-16(22)18-11(2)15-19-14(20-23-15)12-8-5-4-6-9-12/h11-13,21H,3-10H2,1-2H3,(H2,17,18,22). The van der Waals surface area contributed by atoms with Crippen molar-refractivity contribution in [1.29, 1.82) is 0 Å². The minimum Gasteiger partial charge on any atom is -0.391 e. The lowest BCUT2D eigenvalue weighted by atomic mass is 9.89. The van der Waals surface area contributed by atoms with E-state index in [0.717, 1.165) is 25.1 Å². The number of carbonyl (C=O) groups is 1. The van der Waals surface area contributed by atoms with Crippen molar-refractivity contribution in [3.05, 3.63) is 11.7 Å². The number of amides is 2. The molecule has 130 valence electrons. The summed E-state index contributed by atoms with van der Waals surface area (Å²) in [5.41, 5.74) is 0. The van der Waals surface area contributed by atoms with Crippen molar-refractivity contribution in [3.63, 3.8) is 0 Å². The van der Waals surface area contributed by atoms with Gasteiger partial charge in [-0.15, -0.1) is 0 Å². The third-order valence-corrected chi connectivity index (χ3v) is 4.27. The maximum atomic E-state index is 11.8. The second-order valence-electron chi connectivity index (χ2n) is 6.34. The molecular weight excluding hydrogens is 296 g/mol. The zero-order valence-electron chi connectivity index (χ0n) is 14.0. The zero-order valence-corrected chi connectivity index (χ0v) is 14.0. The van der Waals surface area contributed by atoms with E-state index in [2.05, 4.69) is 20.8 Å². The van der Waals surface area contributed by atoms with Crippen molar-refractivity contribution in [2.75, 3.05) is 6.54 Å². The van der Waals surface area contributed by atoms with Crippen molar-refractivity contribution in [3.8, 4) is 0 Å². The first-order valence-electron chi connectivity index (χ1n) is 8.66. The highest BCUT2D eigenvalue weighted by Gasteiger charge is 2.23. The van der Waals surface area contributed by atoms with Gasteiger partial charge in [0.1, 0.15) is 6.04 Å². The predicted octanol–water partition coefficient (Wildman–Crippen LogP) is 2.64. The van der Waals surface area contributed by atoms with Crippen LogP contribution in [0.1, 0.15) is 82.5 Å². The van der Waals surface area contributed by atoms with Crippen LogP contribution in [-0.2, 0) is 0 Å². The Labute approximate surface area is 137 Å². The molecule has 0 spiro atoms. The van der Waals surface area contributed by atoms with Gasteiger partial charge in [0.05, 0.1) is 6.10 Å². The molecule has 1 aliphatic carbocycles. The van der Waals surface area contributed by atoms with Crippen molar-refractivity contribution >= 4 is 6.03 Å². The van der Waals surface area contributed by atoms with Crippen LogP contribution < -0.4 is 10.6 Å². The largest absolute Gasteiger partial charge is 0.391 e. The summed E-state index contributed by atoms with van der Waals surface area (Å²) in [6.45, 7) is 4.04. The molecule has 7 nitrogen and oxygen atoms in total. The molecule has 1 heterocycles. The quantitative estimate of drug-likeness (QED) is 0.716. The lowest BCUT2D eigenvalue weighted by molar-refractivity contribution is 0.159. The molecule has 2 atom stereocenters. The molecule has 0 bridgehead atoms. The van der Waals surface area contributed by atoms with Crippen LogP contribution in [0.25, 0.3) is 0 Å². The SMILES string of the molecule is CCCC(O)CNC(=O)NC(C)c1nc(C2CCCCC2)no1. The van der Waals surface area contributed by atoms with Gasteiger partial charge >= 0.3 is 6.03 Å². The molecule has 2 rings (SSSR count). The lowest BCUT2D eigenvalue weighted by Gasteiger charge is -2.17. The third-order valence-electron chi connectivity index (χ3n) is 4.27. The van der Waals surface area contributed by atoms with Crippen LogP contribution in [0.3, 0.4) is 0 Å². The number of aromatic nitrogens is 2. The van der Waals surface area contributed by atoms with Crippen LogP contribution in [0.2, 0.25) is 0 Å². The van der Waals surface area contributed by atoms with Gasteiger partial charge in [0.15, 0.2) is 5.82 Å². The number of rotatable bonds is 7. The maximum Gasteiger partial charge on any atom is 0.315 e. The molecule has 1 fully saturated rings. The summed E-state index contributed by atoms with van der Waals surface area (Å²) in [6, 6.07) is -0.701. The number of aliphatic hydroxyl groups excluding tert-OH is 1. The molecule has 1 saturated carbocycles. The second-order valence-corrected chi connectivity index (χ2v) is 6.34. The molecule has 2 unspecified atom stereocenters. The van der Waals surface area contributed by atoms with Crippen LogP contribution in [0.4, 0.5) is 4.79 Å². The monoisotopic (exact) mass is 324 g/mol. The van der Waals surface area contributed by atoms with Gasteiger partial charge in [0.25, 0.3) is 0 Å². The molecule has 1 aliphatic rings. The minimum atomic E-state index is -0.512. The van der Waals surface area contributed by atoms with E-state index in [-0.39, 0.29) is 18.6 Å². The molecule has 0 radical (unpaired) electrons. The van der Waals surface area contributed by atoms with E-state index in [1.165, 1.54) is 19.3 Å². The van der Waals surface area contributed by atoms with Gasteiger partial charge in [-0.25, -0.2) is 4.79 Å². The fourth-order valence-corrected chi connectivity index (χ4v) is 2.90. The Morgan fingerprint density at radius 1 is 1.39 bits per heavy atom. The third kappa shape index (κ3) is 5.49. The van der Waals surface area contributed by atoms with Gasteiger partial charge in [-0.1, -0.05) is 37.8 Å². The smallest absolute Gasteiger partial charge is 0.315 e. The lowest BCUT2D eigenvalue weighted by Crippen LogP contribution is -2.40. The number of aliphatic hydroxyl groups is 1. The van der Waals surface area contributed by atoms with Gasteiger partial charge in [0.2, 0.25) is 5.89 Å². The molecule has 1 aromatic heterocycles. The van der Waals surface area contributed by atoms with Gasteiger partial charge in [-0.3, -0.25) is 0 Å². The number of urea groups is 1. The van der Waals surface area contributed by atoms with Gasteiger partial charge in [0, 0.05) is 12.5 Å². The van der Waals surface area contributed by atoms with E-state index in [4.69, 9.17) is 4.52 Å². The number of nitrogens with zero attached hydrogens (tertiary/aromatic N) is 2. The van der Waals surface area contributed by atoms with Crippen molar-refractivity contribution in [2.45, 2.75) is 76.9 Å². The highest BCUT2D eigenvalue weighted by atomic mass is 16.5. The van der Waals surface area contributed by atoms with Crippen LogP contribution in [-0.4, -0.2) is 33.9 Å². The summed E-state index contributed by atoms with van der Waals surface area (Å²) in [5.74, 6) is 1.56. The maximum absolute atomic E-state index is 11.8. The number of hydrogen-bond acceptors (Lipinski definition) is 5. The zero-order chi connectivity index (χ0) is 16.7. The van der Waals surface area contributed by atoms with E-state index < -0.39 is 6.10 Å². The Hall–Kier alpha value is -1.63. The fourth-order valence-electron chi connectivity index (χ4n) is 2.90. The average Bonchev–Trinajstić information content (AvgIpc) is 3.04. The topological polar surface area (TPSA) is 100 Å². The number of hydrogen-bond donors (Lipinski definition) is 3. The van der Waals surface area contributed by atoms with E-state index in [1.807, 2.05) is 6.92 Å². The van der Waals surface area contributed by atoms with E-state index in [0.29, 0.717) is 18.2 Å². The molecule has 0 aliphatic heterocycles. The summed E-state index contributed by atoms with van der Waals surface area (Å²) >= 11 is 0. The van der Waals surface area contributed by atoms with E-state index >= 15 is 0 Å². The summed E-state index contributed by atoms with van der Waals surface area (Å²) in [5, 5.41) is 19.1. The van der Waals surface area contributed by atoms with Crippen LogP contribution in [0, 0.1) is 0 Å². The first-order valence-corrected chi connectivity index (χ1v) is 8.66. The molecule has 1 aromatic rings. The first-order chi connectivity index (χ1) is 11.1. The Bertz CT molecular complexity index is 485. The van der Waals surface area contributed by atoms with E-state index in [9.17, 15) is 9.90 Å². The van der Waals surface area contributed by atoms with Crippen LogP contribution >= 0.6 is 0 Å². The van der Waals surface area contributed by atoms with Crippen LogP contribution in [0.15, 0.2) is 4.52 Å². The van der Waals surface area contributed by atoms with Crippen molar-refractivity contribution in [1.82, 2.24) is 20.8 Å². The first kappa shape index (κ1) is 17.7. The molecular formula is C16H28N4O3. The Kier molecular flexibility index (Phi) is 6.83. The summed E-state index contributed by atoms with van der Waals surface area (Å²) in [4.78, 5) is 16.3. The molecule has 23 heavy (non-hydrogen) atoms. The van der Waals surface area contributed by atoms with Gasteiger partial charge < -0.3 is 20.3 Å². The predicted molar refractivity (Wildman–Crippen MR) is 86.0 cm³/mol. The number of carbonyl (C=O) groups excluding carboxylic acids is 1. The average molecular weight is 324 g/mol. The molecule has 3 N–H and O–H groups in total. The van der Waals surface area contributed by atoms with Gasteiger partial charge in [-0.2, -0.15) is 4.98 Å². The van der Waals surface area contributed by atoms with Crippen molar-refractivity contribution < 1.29 is 14.4 Å². The van der Waals surface area contributed by atoms with Crippen LogP contribution in [0.5, 0.6) is 0 Å². The summed E-state index contributed by atoms with van der Waals surface area (Å²) in [7, 11) is 0. The Morgan fingerprint density at radius 3 is 2.83 bits per heavy atom. The fraction of sp³-hybridized carbons (Fsp3) is 0.812. The summed E-state index contributed by atoms with van der Waals surface area (Å²) < 4.78 is 5.29.